The number of nitrogens with one attached hydrogen (secondary N) is 2. The number of urea groups is 1. The molecule has 1 aromatic heterocycles. The minimum atomic E-state index is -0.539. The molecule has 0 saturated heterocycles. The average Bonchev–Trinajstić information content (AvgIpc) is 2.76. The van der Waals surface area contributed by atoms with Crippen LogP contribution < -0.4 is 16.4 Å². The molecular weight excluding hydrogens is 236 g/mol. The number of rotatable bonds is 6. The van der Waals surface area contributed by atoms with Gasteiger partial charge in [0.2, 0.25) is 5.91 Å². The number of carbonyl (C=O) groups excluding carboxylic acids is 2. The van der Waals surface area contributed by atoms with Crippen LogP contribution in [0.2, 0.25) is 0 Å². The number of aromatic nitrogens is 3. The lowest BCUT2D eigenvalue weighted by atomic mass is 10.2. The van der Waals surface area contributed by atoms with Gasteiger partial charge >= 0.3 is 6.03 Å². The number of unbranched alkanes of at least 4 members (excludes halogenated alkanes) is 1. The van der Waals surface area contributed by atoms with E-state index in [0.717, 1.165) is 25.0 Å². The van der Waals surface area contributed by atoms with Gasteiger partial charge in [-0.05, 0) is 25.8 Å². The van der Waals surface area contributed by atoms with E-state index < -0.39 is 11.9 Å². The Labute approximate surface area is 105 Å². The van der Waals surface area contributed by atoms with Crippen LogP contribution in [0.3, 0.4) is 0 Å². The van der Waals surface area contributed by atoms with Crippen molar-refractivity contribution in [2.24, 2.45) is 5.73 Å². The minimum absolute atomic E-state index is 0.0304. The summed E-state index contributed by atoms with van der Waals surface area (Å²) >= 11 is 0. The number of hydrogen-bond acceptors (Lipinski definition) is 5. The summed E-state index contributed by atoms with van der Waals surface area (Å²) in [5.41, 5.74) is 6.21. The normalized spacial score (nSPS) is 10.1. The monoisotopic (exact) mass is 254 g/mol. The summed E-state index contributed by atoms with van der Waals surface area (Å²) < 4.78 is 1.40. The number of amides is 3. The number of imide groups is 1. The molecule has 0 aromatic carbocycles. The van der Waals surface area contributed by atoms with Crippen molar-refractivity contribution < 1.29 is 9.59 Å². The minimum Gasteiger partial charge on any atom is -0.341 e. The quantitative estimate of drug-likeness (QED) is 0.564. The van der Waals surface area contributed by atoms with Gasteiger partial charge in [-0.25, -0.2) is 9.48 Å². The Kier molecular flexibility index (Phi) is 5.78. The van der Waals surface area contributed by atoms with Crippen LogP contribution in [-0.2, 0) is 17.8 Å². The van der Waals surface area contributed by atoms with Crippen molar-refractivity contribution in [3.05, 3.63) is 11.9 Å². The topological polar surface area (TPSA) is 115 Å². The molecule has 0 aliphatic rings. The number of nitrogens with two attached hydrogens (primary N) is 1. The molecule has 0 unspecified atom stereocenters. The predicted molar refractivity (Wildman–Crippen MR) is 64.6 cm³/mol. The lowest BCUT2D eigenvalue weighted by molar-refractivity contribution is -0.120. The Hall–Kier alpha value is -1.96. The third-order valence-corrected chi connectivity index (χ3v) is 2.26. The third-order valence-electron chi connectivity index (χ3n) is 2.26. The maximum Gasteiger partial charge on any atom is 0.321 e. The van der Waals surface area contributed by atoms with E-state index in [-0.39, 0.29) is 6.54 Å². The molecule has 1 aromatic rings. The van der Waals surface area contributed by atoms with Crippen molar-refractivity contribution in [1.29, 1.82) is 0 Å². The lowest BCUT2D eigenvalue weighted by Crippen LogP contribution is -2.39. The summed E-state index contributed by atoms with van der Waals surface area (Å²) in [5.74, 6) is -0.437. The molecule has 1 heterocycles. The van der Waals surface area contributed by atoms with Crippen LogP contribution in [0.1, 0.15) is 18.5 Å². The standard InChI is InChI=1S/C10H18N6O2/c1-12-10(18)13-9(17)7-16-6-8(14-15-16)4-2-3-5-11/h6H,2-5,7,11H2,1H3,(H2,12,13,17,18). The van der Waals surface area contributed by atoms with Crippen molar-refractivity contribution >= 4 is 11.9 Å². The van der Waals surface area contributed by atoms with Crippen LogP contribution in [0.5, 0.6) is 0 Å². The third kappa shape index (κ3) is 4.91. The first-order chi connectivity index (χ1) is 8.65. The summed E-state index contributed by atoms with van der Waals surface area (Å²) in [6.07, 6.45) is 4.36. The molecule has 100 valence electrons. The summed E-state index contributed by atoms with van der Waals surface area (Å²) in [4.78, 5) is 22.3. The highest BCUT2D eigenvalue weighted by Crippen LogP contribution is 2.00. The Morgan fingerprint density at radius 1 is 1.44 bits per heavy atom. The van der Waals surface area contributed by atoms with Gasteiger partial charge in [0.1, 0.15) is 6.54 Å². The summed E-state index contributed by atoms with van der Waals surface area (Å²) in [6, 6.07) is -0.539. The van der Waals surface area contributed by atoms with Crippen molar-refractivity contribution in [2.45, 2.75) is 25.8 Å². The highest BCUT2D eigenvalue weighted by Gasteiger charge is 2.08. The molecular formula is C10H18N6O2. The first kappa shape index (κ1) is 14.1. The number of carbonyl (C=O) groups is 2. The Morgan fingerprint density at radius 2 is 2.22 bits per heavy atom. The largest absolute Gasteiger partial charge is 0.341 e. The number of hydrogen-bond donors (Lipinski definition) is 3. The van der Waals surface area contributed by atoms with E-state index in [1.807, 2.05) is 0 Å². The fraction of sp³-hybridized carbons (Fsp3) is 0.600. The van der Waals surface area contributed by atoms with E-state index in [2.05, 4.69) is 20.9 Å². The molecule has 0 aliphatic carbocycles. The van der Waals surface area contributed by atoms with E-state index in [4.69, 9.17) is 5.73 Å². The molecule has 0 spiro atoms. The lowest BCUT2D eigenvalue weighted by Gasteiger charge is -2.02. The summed E-state index contributed by atoms with van der Waals surface area (Å²) in [7, 11) is 1.44. The van der Waals surface area contributed by atoms with E-state index in [0.29, 0.717) is 6.54 Å². The van der Waals surface area contributed by atoms with Gasteiger partial charge in [-0.15, -0.1) is 5.10 Å². The molecule has 0 aliphatic heterocycles. The molecule has 18 heavy (non-hydrogen) atoms. The van der Waals surface area contributed by atoms with Crippen molar-refractivity contribution in [1.82, 2.24) is 25.6 Å². The highest BCUT2D eigenvalue weighted by atomic mass is 16.2. The number of nitrogens with zero attached hydrogens (tertiary/aromatic N) is 3. The molecule has 0 radical (unpaired) electrons. The molecule has 4 N–H and O–H groups in total. The first-order valence-corrected chi connectivity index (χ1v) is 5.76. The molecule has 8 nitrogen and oxygen atoms in total. The van der Waals surface area contributed by atoms with E-state index >= 15 is 0 Å². The predicted octanol–water partition coefficient (Wildman–Crippen LogP) is -0.985. The molecule has 0 atom stereocenters. The maximum atomic E-state index is 11.4. The average molecular weight is 254 g/mol. The fourth-order valence-corrected chi connectivity index (χ4v) is 1.36. The van der Waals surface area contributed by atoms with Gasteiger partial charge in [-0.3, -0.25) is 10.1 Å². The fourth-order valence-electron chi connectivity index (χ4n) is 1.36. The second-order valence-corrected chi connectivity index (χ2v) is 3.78. The van der Waals surface area contributed by atoms with Crippen LogP contribution in [0.15, 0.2) is 6.20 Å². The van der Waals surface area contributed by atoms with Crippen LogP contribution in [0.4, 0.5) is 4.79 Å². The van der Waals surface area contributed by atoms with E-state index in [1.54, 1.807) is 6.20 Å². The van der Waals surface area contributed by atoms with Crippen molar-refractivity contribution in [3.63, 3.8) is 0 Å². The van der Waals surface area contributed by atoms with Gasteiger partial charge in [0.05, 0.1) is 5.69 Å². The van der Waals surface area contributed by atoms with Gasteiger partial charge in [-0.1, -0.05) is 5.21 Å². The second-order valence-electron chi connectivity index (χ2n) is 3.78. The first-order valence-electron chi connectivity index (χ1n) is 5.76. The van der Waals surface area contributed by atoms with Crippen LogP contribution in [0, 0.1) is 0 Å². The van der Waals surface area contributed by atoms with Crippen LogP contribution in [-0.4, -0.2) is 40.5 Å². The maximum absolute atomic E-state index is 11.4. The van der Waals surface area contributed by atoms with E-state index in [1.165, 1.54) is 11.7 Å². The zero-order valence-corrected chi connectivity index (χ0v) is 10.3. The summed E-state index contributed by atoms with van der Waals surface area (Å²) in [5, 5.41) is 12.2. The van der Waals surface area contributed by atoms with Gasteiger partial charge in [0.15, 0.2) is 0 Å². The number of aryl methyl sites for hydroxylation is 1. The van der Waals surface area contributed by atoms with Gasteiger partial charge in [0, 0.05) is 13.2 Å². The highest BCUT2D eigenvalue weighted by molar-refractivity contribution is 5.93. The van der Waals surface area contributed by atoms with Crippen molar-refractivity contribution in [3.8, 4) is 0 Å². The Balaban J connectivity index is 2.38. The zero-order chi connectivity index (χ0) is 13.4. The van der Waals surface area contributed by atoms with Gasteiger partial charge in [-0.2, -0.15) is 0 Å². The zero-order valence-electron chi connectivity index (χ0n) is 10.3. The van der Waals surface area contributed by atoms with Gasteiger partial charge in [0.25, 0.3) is 0 Å². The molecule has 0 bridgehead atoms. The molecule has 8 heteroatoms. The Morgan fingerprint density at radius 3 is 2.89 bits per heavy atom. The molecule has 3 amide bonds. The second kappa shape index (κ2) is 7.38. The van der Waals surface area contributed by atoms with Crippen LogP contribution >= 0.6 is 0 Å². The molecule has 1 rings (SSSR count). The van der Waals surface area contributed by atoms with E-state index in [9.17, 15) is 9.59 Å². The van der Waals surface area contributed by atoms with Crippen LogP contribution in [0.25, 0.3) is 0 Å². The molecule has 0 fully saturated rings. The SMILES string of the molecule is CNC(=O)NC(=O)Cn1cc(CCCCN)nn1. The summed E-state index contributed by atoms with van der Waals surface area (Å²) in [6.45, 7) is 0.625. The van der Waals surface area contributed by atoms with Crippen molar-refractivity contribution in [2.75, 3.05) is 13.6 Å². The molecule has 0 saturated carbocycles. The smallest absolute Gasteiger partial charge is 0.321 e. The Bertz CT molecular complexity index is 403. The van der Waals surface area contributed by atoms with Gasteiger partial charge < -0.3 is 11.1 Å².